The Morgan fingerprint density at radius 1 is 1.70 bits per heavy atom. The minimum atomic E-state index is 0.346. The summed E-state index contributed by atoms with van der Waals surface area (Å²) < 4.78 is 0. The molecule has 0 aliphatic carbocycles. The fourth-order valence-corrected chi connectivity index (χ4v) is 0.823. The van der Waals surface area contributed by atoms with Crippen molar-refractivity contribution in [2.45, 2.75) is 33.1 Å². The van der Waals surface area contributed by atoms with Crippen LogP contribution < -0.4 is 0 Å². The van der Waals surface area contributed by atoms with E-state index >= 15 is 0 Å². The van der Waals surface area contributed by atoms with E-state index in [2.05, 4.69) is 6.58 Å². The predicted molar refractivity (Wildman–Crippen MR) is 43.9 cm³/mol. The Bertz CT molecular complexity index is 116. The van der Waals surface area contributed by atoms with E-state index in [1.807, 2.05) is 19.9 Å². The number of carbonyl (C=O) groups excluding carboxylic acids is 1. The van der Waals surface area contributed by atoms with Crippen LogP contribution in [0, 0.1) is 5.92 Å². The lowest BCUT2D eigenvalue weighted by atomic mass is 10.0. The molecule has 1 atom stereocenters. The molecule has 0 amide bonds. The van der Waals surface area contributed by atoms with Gasteiger partial charge in [0.15, 0.2) is 0 Å². The van der Waals surface area contributed by atoms with Gasteiger partial charge in [0.05, 0.1) is 0 Å². The number of hydrogen-bond donors (Lipinski definition) is 0. The van der Waals surface area contributed by atoms with Gasteiger partial charge in [0, 0.05) is 12.8 Å². The highest BCUT2D eigenvalue weighted by atomic mass is 16.1. The Labute approximate surface area is 63.1 Å². The first kappa shape index (κ1) is 9.41. The van der Waals surface area contributed by atoms with Gasteiger partial charge in [0.2, 0.25) is 0 Å². The van der Waals surface area contributed by atoms with Gasteiger partial charge in [-0.3, -0.25) is 4.79 Å². The summed E-state index contributed by atoms with van der Waals surface area (Å²) in [6, 6.07) is 0. The molecule has 58 valence electrons. The molecule has 0 rings (SSSR count). The Balaban J connectivity index is 3.46. The number of carbonyl (C=O) groups is 1. The summed E-state index contributed by atoms with van der Waals surface area (Å²) in [5.41, 5.74) is 0. The normalized spacial score (nSPS) is 12.6. The lowest BCUT2D eigenvalue weighted by molar-refractivity contribution is -0.119. The van der Waals surface area contributed by atoms with Gasteiger partial charge in [-0.2, -0.15) is 0 Å². The average Bonchev–Trinajstić information content (AvgIpc) is 1.88. The van der Waals surface area contributed by atoms with Gasteiger partial charge in [-0.1, -0.05) is 19.9 Å². The zero-order valence-electron chi connectivity index (χ0n) is 6.89. The number of hydrogen-bond acceptors (Lipinski definition) is 1. The second-order valence-electron chi connectivity index (χ2n) is 2.71. The third-order valence-corrected chi connectivity index (χ3v) is 1.48. The number of rotatable bonds is 5. The van der Waals surface area contributed by atoms with E-state index in [-0.39, 0.29) is 0 Å². The number of ketones is 1. The Morgan fingerprint density at radius 2 is 2.30 bits per heavy atom. The molecular weight excluding hydrogens is 124 g/mol. The molecule has 0 bridgehead atoms. The Kier molecular flexibility index (Phi) is 4.91. The number of Topliss-reactive ketones (excluding diaryl/α,β-unsaturated/α-hetero) is 1. The Hall–Kier alpha value is -0.590. The highest BCUT2D eigenvalue weighted by Crippen LogP contribution is 2.05. The van der Waals surface area contributed by atoms with E-state index in [9.17, 15) is 4.79 Å². The summed E-state index contributed by atoms with van der Waals surface area (Å²) in [6.45, 7) is 7.66. The van der Waals surface area contributed by atoms with Crippen LogP contribution in [-0.2, 0) is 4.79 Å². The highest BCUT2D eigenvalue weighted by Gasteiger charge is 2.03. The standard InChI is InChI=1S/C9H16O/c1-4-6-9(10)7-8(3)5-2/h5,8H,2,4,6-7H2,1,3H3. The van der Waals surface area contributed by atoms with Crippen LogP contribution in [0.15, 0.2) is 12.7 Å². The molecule has 0 radical (unpaired) electrons. The summed E-state index contributed by atoms with van der Waals surface area (Å²) in [5.74, 6) is 0.703. The molecule has 0 aromatic rings. The first-order valence-electron chi connectivity index (χ1n) is 3.85. The highest BCUT2D eigenvalue weighted by molar-refractivity contribution is 5.78. The van der Waals surface area contributed by atoms with Crippen molar-refractivity contribution in [2.24, 2.45) is 5.92 Å². The second kappa shape index (κ2) is 5.21. The average molecular weight is 140 g/mol. The van der Waals surface area contributed by atoms with Gasteiger partial charge in [0.1, 0.15) is 5.78 Å². The smallest absolute Gasteiger partial charge is 0.133 e. The zero-order valence-corrected chi connectivity index (χ0v) is 6.89. The van der Waals surface area contributed by atoms with Gasteiger partial charge >= 0.3 is 0 Å². The molecule has 1 unspecified atom stereocenters. The maximum Gasteiger partial charge on any atom is 0.133 e. The molecule has 0 aliphatic rings. The fourth-order valence-electron chi connectivity index (χ4n) is 0.823. The molecule has 0 saturated heterocycles. The summed E-state index contributed by atoms with van der Waals surface area (Å²) in [6.07, 6.45) is 4.17. The van der Waals surface area contributed by atoms with Crippen LogP contribution in [0.3, 0.4) is 0 Å². The first-order chi connectivity index (χ1) is 4.70. The first-order valence-corrected chi connectivity index (χ1v) is 3.85. The van der Waals surface area contributed by atoms with Crippen LogP contribution in [0.2, 0.25) is 0 Å². The van der Waals surface area contributed by atoms with E-state index < -0.39 is 0 Å². The third-order valence-electron chi connectivity index (χ3n) is 1.48. The van der Waals surface area contributed by atoms with E-state index in [0.717, 1.165) is 12.8 Å². The molecule has 0 fully saturated rings. The van der Waals surface area contributed by atoms with E-state index in [4.69, 9.17) is 0 Å². The molecule has 1 nitrogen and oxygen atoms in total. The van der Waals surface area contributed by atoms with E-state index in [1.165, 1.54) is 0 Å². The van der Waals surface area contributed by atoms with Crippen molar-refractivity contribution >= 4 is 5.78 Å². The molecule has 0 spiro atoms. The maximum atomic E-state index is 11.0. The van der Waals surface area contributed by atoms with Gasteiger partial charge in [0.25, 0.3) is 0 Å². The Morgan fingerprint density at radius 3 is 2.70 bits per heavy atom. The summed E-state index contributed by atoms with van der Waals surface area (Å²) in [4.78, 5) is 11.0. The molecule has 0 N–H and O–H groups in total. The van der Waals surface area contributed by atoms with Crippen LogP contribution in [0.4, 0.5) is 0 Å². The van der Waals surface area contributed by atoms with Crippen LogP contribution in [0.1, 0.15) is 33.1 Å². The van der Waals surface area contributed by atoms with Gasteiger partial charge < -0.3 is 0 Å². The lowest BCUT2D eigenvalue weighted by Crippen LogP contribution is -2.02. The van der Waals surface area contributed by atoms with Gasteiger partial charge in [-0.25, -0.2) is 0 Å². The van der Waals surface area contributed by atoms with Gasteiger partial charge in [-0.05, 0) is 12.3 Å². The maximum absolute atomic E-state index is 11.0. The van der Waals surface area contributed by atoms with Crippen LogP contribution >= 0.6 is 0 Å². The van der Waals surface area contributed by atoms with Crippen molar-refractivity contribution in [1.29, 1.82) is 0 Å². The minimum absolute atomic E-state index is 0.346. The minimum Gasteiger partial charge on any atom is -0.300 e. The fraction of sp³-hybridized carbons (Fsp3) is 0.667. The molecule has 0 aliphatic heterocycles. The predicted octanol–water partition coefficient (Wildman–Crippen LogP) is 2.57. The SMILES string of the molecule is C=CC(C)CC(=O)CCC. The van der Waals surface area contributed by atoms with E-state index in [1.54, 1.807) is 0 Å². The van der Waals surface area contributed by atoms with Crippen molar-refractivity contribution in [3.63, 3.8) is 0 Å². The molecule has 0 heterocycles. The topological polar surface area (TPSA) is 17.1 Å². The van der Waals surface area contributed by atoms with E-state index in [0.29, 0.717) is 18.1 Å². The molecule has 0 saturated carbocycles. The largest absolute Gasteiger partial charge is 0.300 e. The molecule has 10 heavy (non-hydrogen) atoms. The second-order valence-corrected chi connectivity index (χ2v) is 2.71. The van der Waals surface area contributed by atoms with Crippen molar-refractivity contribution in [3.05, 3.63) is 12.7 Å². The molecule has 0 aromatic carbocycles. The zero-order chi connectivity index (χ0) is 7.98. The van der Waals surface area contributed by atoms with Crippen molar-refractivity contribution in [3.8, 4) is 0 Å². The van der Waals surface area contributed by atoms with Gasteiger partial charge in [-0.15, -0.1) is 6.58 Å². The monoisotopic (exact) mass is 140 g/mol. The number of allylic oxidation sites excluding steroid dienone is 1. The summed E-state index contributed by atoms with van der Waals surface area (Å²) in [7, 11) is 0. The van der Waals surface area contributed by atoms with Crippen LogP contribution in [-0.4, -0.2) is 5.78 Å². The van der Waals surface area contributed by atoms with Crippen LogP contribution in [0.5, 0.6) is 0 Å². The van der Waals surface area contributed by atoms with Crippen molar-refractivity contribution in [2.75, 3.05) is 0 Å². The van der Waals surface area contributed by atoms with Crippen molar-refractivity contribution in [1.82, 2.24) is 0 Å². The molecule has 0 aromatic heterocycles. The summed E-state index contributed by atoms with van der Waals surface area (Å²) >= 11 is 0. The quantitative estimate of drug-likeness (QED) is 0.536. The van der Waals surface area contributed by atoms with Crippen molar-refractivity contribution < 1.29 is 4.79 Å². The molecule has 1 heteroatoms. The summed E-state index contributed by atoms with van der Waals surface area (Å²) in [5, 5.41) is 0. The lowest BCUT2D eigenvalue weighted by Gasteiger charge is -2.02. The van der Waals surface area contributed by atoms with Crippen LogP contribution in [0.25, 0.3) is 0 Å². The molecular formula is C9H16O. The third kappa shape index (κ3) is 4.30.